The van der Waals surface area contributed by atoms with Crippen LogP contribution in [-0.4, -0.2) is 49.1 Å². The third-order valence-electron chi connectivity index (χ3n) is 4.70. The second-order valence-electron chi connectivity index (χ2n) is 7.35. The van der Waals surface area contributed by atoms with E-state index in [2.05, 4.69) is 17.0 Å². The third-order valence-corrected chi connectivity index (χ3v) is 4.70. The van der Waals surface area contributed by atoms with Crippen LogP contribution in [0.15, 0.2) is 36.4 Å². The molecule has 0 spiro atoms. The van der Waals surface area contributed by atoms with Crippen LogP contribution in [0.25, 0.3) is 0 Å². The highest BCUT2D eigenvalue weighted by Gasteiger charge is 2.26. The zero-order valence-corrected chi connectivity index (χ0v) is 17.1. The van der Waals surface area contributed by atoms with Gasteiger partial charge in [0.25, 0.3) is 0 Å². The van der Waals surface area contributed by atoms with Crippen LogP contribution >= 0.6 is 0 Å². The Morgan fingerprint density at radius 1 is 1.04 bits per heavy atom. The SMILES string of the molecule is COc1c(C)cc(C(C(=O)O)N(C)Cc2ccccc2CN(C)C)cc1C. The summed E-state index contributed by atoms with van der Waals surface area (Å²) in [5, 5.41) is 9.92. The molecule has 27 heavy (non-hydrogen) atoms. The predicted octanol–water partition coefficient (Wildman–Crippen LogP) is 3.63. The Labute approximate surface area is 162 Å². The lowest BCUT2D eigenvalue weighted by atomic mass is 9.98. The molecule has 5 nitrogen and oxygen atoms in total. The van der Waals surface area contributed by atoms with Gasteiger partial charge >= 0.3 is 5.97 Å². The summed E-state index contributed by atoms with van der Waals surface area (Å²) in [6.45, 7) is 5.27. The van der Waals surface area contributed by atoms with E-state index in [4.69, 9.17) is 4.74 Å². The van der Waals surface area contributed by atoms with Crippen LogP contribution in [0.1, 0.15) is 33.9 Å². The monoisotopic (exact) mass is 370 g/mol. The highest BCUT2D eigenvalue weighted by molar-refractivity contribution is 5.76. The Morgan fingerprint density at radius 2 is 1.56 bits per heavy atom. The summed E-state index contributed by atoms with van der Waals surface area (Å²) in [5.41, 5.74) is 5.01. The van der Waals surface area contributed by atoms with Crippen molar-refractivity contribution in [1.29, 1.82) is 0 Å². The summed E-state index contributed by atoms with van der Waals surface area (Å²) in [6, 6.07) is 11.3. The standard InChI is InChI=1S/C22H30N2O3/c1-15-11-19(12-16(2)21(15)27-6)20(22(25)26)24(5)14-18-10-8-7-9-17(18)13-23(3)4/h7-12,20H,13-14H2,1-6H3,(H,25,26). The van der Waals surface area contributed by atoms with Crippen molar-refractivity contribution in [2.24, 2.45) is 0 Å². The maximum atomic E-state index is 12.1. The molecular formula is C22H30N2O3. The van der Waals surface area contributed by atoms with E-state index >= 15 is 0 Å². The number of likely N-dealkylation sites (N-methyl/N-ethyl adjacent to an activating group) is 1. The lowest BCUT2D eigenvalue weighted by Gasteiger charge is -2.27. The molecule has 1 N–H and O–H groups in total. The van der Waals surface area contributed by atoms with Gasteiger partial charge in [-0.2, -0.15) is 0 Å². The number of carboxylic acids is 1. The van der Waals surface area contributed by atoms with Crippen LogP contribution in [0.3, 0.4) is 0 Å². The van der Waals surface area contributed by atoms with Crippen LogP contribution in [-0.2, 0) is 17.9 Å². The fourth-order valence-electron chi connectivity index (χ4n) is 3.62. The lowest BCUT2D eigenvalue weighted by Crippen LogP contribution is -2.31. The van der Waals surface area contributed by atoms with Crippen LogP contribution in [0.4, 0.5) is 0 Å². The van der Waals surface area contributed by atoms with Gasteiger partial charge in [-0.15, -0.1) is 0 Å². The lowest BCUT2D eigenvalue weighted by molar-refractivity contribution is -0.143. The maximum absolute atomic E-state index is 12.1. The summed E-state index contributed by atoms with van der Waals surface area (Å²) < 4.78 is 5.41. The smallest absolute Gasteiger partial charge is 0.325 e. The summed E-state index contributed by atoms with van der Waals surface area (Å²) in [7, 11) is 7.56. The number of ether oxygens (including phenoxy) is 1. The Hall–Kier alpha value is -2.37. The molecule has 0 bridgehead atoms. The van der Waals surface area contributed by atoms with Gasteiger partial charge in [0.15, 0.2) is 0 Å². The molecule has 1 unspecified atom stereocenters. The zero-order chi connectivity index (χ0) is 20.1. The fraction of sp³-hybridized carbons (Fsp3) is 0.409. The minimum absolute atomic E-state index is 0.561. The van der Waals surface area contributed by atoms with Gasteiger partial charge in [0.05, 0.1) is 7.11 Å². The molecule has 2 aromatic carbocycles. The average Bonchev–Trinajstić information content (AvgIpc) is 2.55. The van der Waals surface area contributed by atoms with Gasteiger partial charge in [-0.05, 0) is 62.8 Å². The second-order valence-corrected chi connectivity index (χ2v) is 7.35. The number of carbonyl (C=O) groups is 1. The van der Waals surface area contributed by atoms with Crippen molar-refractivity contribution in [3.05, 3.63) is 64.2 Å². The van der Waals surface area contributed by atoms with Gasteiger partial charge in [0, 0.05) is 13.1 Å². The second kappa shape index (κ2) is 9.02. The molecule has 1 atom stereocenters. The van der Waals surface area contributed by atoms with Crippen LogP contribution in [0, 0.1) is 13.8 Å². The topological polar surface area (TPSA) is 53.0 Å². The summed E-state index contributed by atoms with van der Waals surface area (Å²) in [5.74, 6) is -0.0478. The largest absolute Gasteiger partial charge is 0.496 e. The molecule has 5 heteroatoms. The first-order valence-electron chi connectivity index (χ1n) is 9.04. The molecule has 0 heterocycles. The van der Waals surface area contributed by atoms with Gasteiger partial charge in [0.2, 0.25) is 0 Å². The Bertz CT molecular complexity index is 779. The van der Waals surface area contributed by atoms with Crippen molar-refractivity contribution >= 4 is 5.97 Å². The molecule has 0 aliphatic rings. The van der Waals surface area contributed by atoms with Crippen LogP contribution in [0.5, 0.6) is 5.75 Å². The van der Waals surface area contributed by atoms with Gasteiger partial charge < -0.3 is 14.7 Å². The van der Waals surface area contributed by atoms with Gasteiger partial charge in [-0.3, -0.25) is 9.69 Å². The number of carboxylic acid groups (broad SMARTS) is 1. The van der Waals surface area contributed by atoms with E-state index in [1.165, 1.54) is 5.56 Å². The number of nitrogens with zero attached hydrogens (tertiary/aromatic N) is 2. The molecule has 0 aliphatic carbocycles. The van der Waals surface area contributed by atoms with E-state index in [0.29, 0.717) is 6.54 Å². The van der Waals surface area contributed by atoms with E-state index in [1.54, 1.807) is 7.11 Å². The molecule has 0 saturated carbocycles. The Kier molecular flexibility index (Phi) is 6.99. The molecule has 2 rings (SSSR count). The quantitative estimate of drug-likeness (QED) is 0.769. The van der Waals surface area contributed by atoms with Crippen molar-refractivity contribution in [3.8, 4) is 5.75 Å². The van der Waals surface area contributed by atoms with E-state index < -0.39 is 12.0 Å². The summed E-state index contributed by atoms with van der Waals surface area (Å²) in [4.78, 5) is 16.1. The molecule has 0 amide bonds. The van der Waals surface area contributed by atoms with E-state index in [9.17, 15) is 9.90 Å². The molecular weight excluding hydrogens is 340 g/mol. The van der Waals surface area contributed by atoms with E-state index in [1.807, 2.05) is 64.2 Å². The molecule has 0 saturated heterocycles. The van der Waals surface area contributed by atoms with Crippen molar-refractivity contribution in [2.75, 3.05) is 28.3 Å². The number of hydrogen-bond acceptors (Lipinski definition) is 4. The molecule has 0 aliphatic heterocycles. The maximum Gasteiger partial charge on any atom is 0.325 e. The zero-order valence-electron chi connectivity index (χ0n) is 17.1. The molecule has 0 fully saturated rings. The average molecular weight is 370 g/mol. The first-order chi connectivity index (χ1) is 12.7. The minimum atomic E-state index is -0.855. The number of rotatable bonds is 8. The number of hydrogen-bond donors (Lipinski definition) is 1. The van der Waals surface area contributed by atoms with Crippen molar-refractivity contribution < 1.29 is 14.6 Å². The summed E-state index contributed by atoms with van der Waals surface area (Å²) >= 11 is 0. The predicted molar refractivity (Wildman–Crippen MR) is 108 cm³/mol. The third kappa shape index (κ3) is 5.08. The number of methoxy groups -OCH3 is 1. The van der Waals surface area contributed by atoms with Crippen molar-refractivity contribution in [3.63, 3.8) is 0 Å². The normalized spacial score (nSPS) is 12.4. The van der Waals surface area contributed by atoms with E-state index in [0.717, 1.165) is 34.5 Å². The molecule has 2 aromatic rings. The first kappa shape index (κ1) is 20.9. The summed E-state index contributed by atoms with van der Waals surface area (Å²) in [6.07, 6.45) is 0. The first-order valence-corrected chi connectivity index (χ1v) is 9.04. The van der Waals surface area contributed by atoms with E-state index in [-0.39, 0.29) is 0 Å². The van der Waals surface area contributed by atoms with Crippen LogP contribution in [0.2, 0.25) is 0 Å². The Morgan fingerprint density at radius 3 is 2.00 bits per heavy atom. The van der Waals surface area contributed by atoms with Crippen molar-refractivity contribution in [1.82, 2.24) is 9.80 Å². The van der Waals surface area contributed by atoms with Gasteiger partial charge in [-0.1, -0.05) is 36.4 Å². The van der Waals surface area contributed by atoms with Gasteiger partial charge in [0.1, 0.15) is 11.8 Å². The number of aliphatic carboxylic acids is 1. The van der Waals surface area contributed by atoms with Gasteiger partial charge in [-0.25, -0.2) is 0 Å². The molecule has 146 valence electrons. The Balaban J connectivity index is 2.35. The van der Waals surface area contributed by atoms with Crippen LogP contribution < -0.4 is 4.74 Å². The minimum Gasteiger partial charge on any atom is -0.496 e. The highest BCUT2D eigenvalue weighted by atomic mass is 16.5. The highest BCUT2D eigenvalue weighted by Crippen LogP contribution is 2.30. The van der Waals surface area contributed by atoms with Crippen molar-refractivity contribution in [2.45, 2.75) is 33.0 Å². The fourth-order valence-corrected chi connectivity index (χ4v) is 3.62. The number of aryl methyl sites for hydroxylation is 2. The molecule has 0 aromatic heterocycles. The molecule has 0 radical (unpaired) electrons. The number of benzene rings is 2.